The van der Waals surface area contributed by atoms with Crippen molar-refractivity contribution in [1.29, 1.82) is 0 Å². The lowest BCUT2D eigenvalue weighted by Gasteiger charge is -2.25. The van der Waals surface area contributed by atoms with Crippen molar-refractivity contribution in [1.82, 2.24) is 9.88 Å². The average Bonchev–Trinajstić information content (AvgIpc) is 3.44. The van der Waals surface area contributed by atoms with Crippen LogP contribution >= 0.6 is 15.9 Å². The largest absolute Gasteiger partial charge is 0.477 e. The van der Waals surface area contributed by atoms with Gasteiger partial charge in [0.25, 0.3) is 0 Å². The fraction of sp³-hybridized carbons (Fsp3) is 0.474. The first-order valence-corrected chi connectivity index (χ1v) is 10.3. The van der Waals surface area contributed by atoms with Crippen molar-refractivity contribution < 1.29 is 23.4 Å². The number of aromatic nitrogens is 1. The quantitative estimate of drug-likeness (QED) is 0.670. The molecule has 1 aromatic carbocycles. The van der Waals surface area contributed by atoms with E-state index < -0.39 is 28.6 Å². The van der Waals surface area contributed by atoms with Gasteiger partial charge >= 0.3 is 5.97 Å². The van der Waals surface area contributed by atoms with E-state index in [4.69, 9.17) is 4.74 Å². The molecule has 2 saturated heterocycles. The Labute approximate surface area is 172 Å². The van der Waals surface area contributed by atoms with Gasteiger partial charge in [0.1, 0.15) is 11.3 Å². The zero-order chi connectivity index (χ0) is 20.4. The molecule has 0 radical (unpaired) electrons. The maximum absolute atomic E-state index is 15.7. The number of rotatable bonds is 3. The fourth-order valence-electron chi connectivity index (χ4n) is 4.33. The third-order valence-electron chi connectivity index (χ3n) is 5.86. The second kappa shape index (κ2) is 6.75. The summed E-state index contributed by atoms with van der Waals surface area (Å²) >= 11 is 3.11. The van der Waals surface area contributed by atoms with Crippen LogP contribution in [0.1, 0.15) is 29.2 Å². The molecule has 2 aliphatic heterocycles. The van der Waals surface area contributed by atoms with Crippen LogP contribution in [0, 0.1) is 11.6 Å². The van der Waals surface area contributed by atoms with Crippen molar-refractivity contribution >= 4 is 38.5 Å². The molecule has 5 rings (SSSR count). The van der Waals surface area contributed by atoms with Gasteiger partial charge in [-0.1, -0.05) is 0 Å². The molecule has 1 aromatic heterocycles. The molecule has 0 amide bonds. The van der Waals surface area contributed by atoms with Crippen molar-refractivity contribution in [3.63, 3.8) is 0 Å². The monoisotopic (exact) mass is 469 g/mol. The lowest BCUT2D eigenvalue weighted by atomic mass is 10.1. The SMILES string of the molecule is O=C(O)c1cn(C2CC2)c2c(F)c(N3C[C@@H]4OCCN[C@@H]4C3)c(F)c(Br)c2c1=O. The minimum atomic E-state index is -1.42. The van der Waals surface area contributed by atoms with E-state index in [2.05, 4.69) is 21.2 Å². The number of carboxylic acid groups (broad SMARTS) is 1. The third kappa shape index (κ3) is 2.88. The Hall–Kier alpha value is -2.04. The molecular formula is C19H18BrF2N3O4. The molecule has 0 unspecified atom stereocenters. The predicted octanol–water partition coefficient (Wildman–Crippen LogP) is 2.25. The molecule has 10 heteroatoms. The first-order valence-electron chi connectivity index (χ1n) is 9.47. The number of nitrogens with zero attached hydrogens (tertiary/aromatic N) is 2. The highest BCUT2D eigenvalue weighted by molar-refractivity contribution is 9.10. The maximum atomic E-state index is 15.7. The number of fused-ring (bicyclic) bond motifs is 2. The van der Waals surface area contributed by atoms with Gasteiger partial charge in [-0.25, -0.2) is 13.6 Å². The highest BCUT2D eigenvalue weighted by Crippen LogP contribution is 2.42. The number of morpholine rings is 1. The van der Waals surface area contributed by atoms with Crippen LogP contribution in [-0.2, 0) is 4.74 Å². The number of ether oxygens (including phenoxy) is 1. The summed E-state index contributed by atoms with van der Waals surface area (Å²) in [4.78, 5) is 25.8. The number of carboxylic acids is 1. The molecular weight excluding hydrogens is 452 g/mol. The van der Waals surface area contributed by atoms with E-state index in [0.717, 1.165) is 12.8 Å². The molecule has 7 nitrogen and oxygen atoms in total. The van der Waals surface area contributed by atoms with Crippen LogP contribution in [0.3, 0.4) is 0 Å². The van der Waals surface area contributed by atoms with E-state index in [-0.39, 0.29) is 39.3 Å². The van der Waals surface area contributed by atoms with Crippen LogP contribution < -0.4 is 15.6 Å². The highest BCUT2D eigenvalue weighted by atomic mass is 79.9. The van der Waals surface area contributed by atoms with E-state index in [1.807, 2.05) is 0 Å². The Balaban J connectivity index is 1.75. The normalized spacial score (nSPS) is 24.2. The first-order chi connectivity index (χ1) is 13.9. The van der Waals surface area contributed by atoms with Gasteiger partial charge in [-0.05, 0) is 28.8 Å². The summed E-state index contributed by atoms with van der Waals surface area (Å²) in [6, 6.07) is -0.140. The molecule has 3 fully saturated rings. The van der Waals surface area contributed by atoms with E-state index in [1.54, 1.807) is 4.90 Å². The van der Waals surface area contributed by atoms with Crippen molar-refractivity contribution in [3.05, 3.63) is 38.1 Å². The molecule has 154 valence electrons. The Morgan fingerprint density at radius 2 is 2.03 bits per heavy atom. The lowest BCUT2D eigenvalue weighted by molar-refractivity contribution is 0.0212. The van der Waals surface area contributed by atoms with Crippen molar-refractivity contribution in [2.24, 2.45) is 0 Å². The van der Waals surface area contributed by atoms with Crippen LogP contribution in [0.25, 0.3) is 10.9 Å². The van der Waals surface area contributed by atoms with Gasteiger partial charge < -0.3 is 24.6 Å². The van der Waals surface area contributed by atoms with Gasteiger partial charge in [-0.2, -0.15) is 0 Å². The minimum Gasteiger partial charge on any atom is -0.477 e. The Morgan fingerprint density at radius 1 is 1.28 bits per heavy atom. The van der Waals surface area contributed by atoms with Crippen LogP contribution in [0.5, 0.6) is 0 Å². The molecule has 1 saturated carbocycles. The summed E-state index contributed by atoms with van der Waals surface area (Å²) in [5.41, 5.74) is -1.68. The zero-order valence-electron chi connectivity index (χ0n) is 15.3. The first kappa shape index (κ1) is 19.0. The maximum Gasteiger partial charge on any atom is 0.341 e. The molecule has 2 aromatic rings. The number of halogens is 3. The lowest BCUT2D eigenvalue weighted by Crippen LogP contribution is -2.47. The number of nitrogens with one attached hydrogen (secondary N) is 1. The molecule has 2 N–H and O–H groups in total. The molecule has 3 aliphatic rings. The van der Waals surface area contributed by atoms with E-state index in [9.17, 15) is 14.7 Å². The van der Waals surface area contributed by atoms with E-state index in [1.165, 1.54) is 10.8 Å². The fourth-order valence-corrected chi connectivity index (χ4v) is 4.88. The number of aromatic carboxylic acids is 1. The highest BCUT2D eigenvalue weighted by Gasteiger charge is 2.39. The van der Waals surface area contributed by atoms with Gasteiger partial charge in [-0.15, -0.1) is 0 Å². The number of anilines is 1. The smallest absolute Gasteiger partial charge is 0.341 e. The summed E-state index contributed by atoms with van der Waals surface area (Å²) in [7, 11) is 0. The van der Waals surface area contributed by atoms with Gasteiger partial charge in [0.2, 0.25) is 5.43 Å². The Kier molecular flexibility index (Phi) is 4.41. The molecule has 29 heavy (non-hydrogen) atoms. The topological polar surface area (TPSA) is 83.8 Å². The summed E-state index contributed by atoms with van der Waals surface area (Å²) in [6.45, 7) is 1.92. The van der Waals surface area contributed by atoms with Gasteiger partial charge in [0, 0.05) is 31.9 Å². The molecule has 0 spiro atoms. The van der Waals surface area contributed by atoms with Gasteiger partial charge in [0.15, 0.2) is 11.6 Å². The summed E-state index contributed by atoms with van der Waals surface area (Å²) in [5, 5.41) is 12.4. The average molecular weight is 470 g/mol. The van der Waals surface area contributed by atoms with Crippen LogP contribution in [0.2, 0.25) is 0 Å². The van der Waals surface area contributed by atoms with Crippen molar-refractivity contribution in [2.75, 3.05) is 31.1 Å². The summed E-state index contributed by atoms with van der Waals surface area (Å²) in [5.74, 6) is -3.18. The van der Waals surface area contributed by atoms with Crippen LogP contribution in [0.4, 0.5) is 14.5 Å². The zero-order valence-corrected chi connectivity index (χ0v) is 16.8. The Morgan fingerprint density at radius 3 is 2.69 bits per heavy atom. The van der Waals surface area contributed by atoms with Crippen molar-refractivity contribution in [3.8, 4) is 0 Å². The summed E-state index contributed by atoms with van der Waals surface area (Å²) < 4.78 is 38.0. The molecule has 2 atom stereocenters. The molecule has 1 aliphatic carbocycles. The third-order valence-corrected chi connectivity index (χ3v) is 6.61. The van der Waals surface area contributed by atoms with E-state index in [0.29, 0.717) is 26.2 Å². The van der Waals surface area contributed by atoms with Gasteiger partial charge in [0.05, 0.1) is 34.1 Å². The second-order valence-electron chi connectivity index (χ2n) is 7.70. The predicted molar refractivity (Wildman–Crippen MR) is 105 cm³/mol. The number of carbonyl (C=O) groups is 1. The molecule has 0 bridgehead atoms. The number of benzene rings is 1. The number of hydrogen-bond acceptors (Lipinski definition) is 5. The van der Waals surface area contributed by atoms with Gasteiger partial charge in [-0.3, -0.25) is 4.79 Å². The second-order valence-corrected chi connectivity index (χ2v) is 8.50. The van der Waals surface area contributed by atoms with Crippen molar-refractivity contribution in [2.45, 2.75) is 31.0 Å². The molecule has 3 heterocycles. The van der Waals surface area contributed by atoms with Crippen LogP contribution in [-0.4, -0.2) is 54.0 Å². The summed E-state index contributed by atoms with van der Waals surface area (Å²) in [6.07, 6.45) is 2.49. The number of hydrogen-bond donors (Lipinski definition) is 2. The van der Waals surface area contributed by atoms with E-state index >= 15 is 8.78 Å². The standard InChI is InChI=1S/C19H18BrF2N3O4/c20-13-12-16(25(8-1-2-8)5-9(18(12)26)19(27)28)15(22)17(14(13)21)24-6-10-11(7-24)29-4-3-23-10/h5,8,10-11,23H,1-4,6-7H2,(H,27,28)/t10-,11+/m1/s1. The Bertz CT molecular complexity index is 1090. The minimum absolute atomic E-state index is 0.0305. The van der Waals surface area contributed by atoms with Crippen LogP contribution in [0.15, 0.2) is 15.5 Å². The number of pyridine rings is 1.